The Morgan fingerprint density at radius 2 is 2.18 bits per heavy atom. The monoisotopic (exact) mass is 272 g/mol. The number of rotatable bonds is 5. The molecular weight excluding hydrogens is 256 g/mol. The second-order valence-corrected chi connectivity index (χ2v) is 6.25. The molecule has 1 aromatic carbocycles. The van der Waals surface area contributed by atoms with Crippen molar-refractivity contribution in [3.63, 3.8) is 0 Å². The Morgan fingerprint density at radius 1 is 1.53 bits per heavy atom. The Balaban J connectivity index is 2.86. The Morgan fingerprint density at radius 3 is 2.71 bits per heavy atom. The lowest BCUT2D eigenvalue weighted by molar-refractivity contribution is 0.565. The van der Waals surface area contributed by atoms with Crippen LogP contribution in [0.5, 0.6) is 0 Å². The van der Waals surface area contributed by atoms with Gasteiger partial charge in [-0.05, 0) is 31.5 Å². The van der Waals surface area contributed by atoms with E-state index in [9.17, 15) is 8.42 Å². The van der Waals surface area contributed by atoms with Crippen LogP contribution in [-0.4, -0.2) is 19.4 Å². The van der Waals surface area contributed by atoms with Crippen LogP contribution in [-0.2, 0) is 10.0 Å². The van der Waals surface area contributed by atoms with E-state index in [1.54, 1.807) is 25.1 Å². The Hall–Kier alpha value is -0.980. The van der Waals surface area contributed by atoms with Gasteiger partial charge in [-0.25, -0.2) is 13.1 Å². The molecular formula is C11H16N2O2S2. The summed E-state index contributed by atoms with van der Waals surface area (Å²) in [5.41, 5.74) is 6.27. The number of nitrogens with one attached hydrogen (secondary N) is 1. The second kappa shape index (κ2) is 5.57. The molecule has 1 aromatic rings. The first-order valence-electron chi connectivity index (χ1n) is 5.18. The SMILES string of the molecule is Cc1cccc(S(=O)(=O)NC(C)CC(N)=S)c1. The molecule has 3 N–H and O–H groups in total. The fraction of sp³-hybridized carbons (Fsp3) is 0.364. The zero-order valence-electron chi connectivity index (χ0n) is 9.80. The van der Waals surface area contributed by atoms with Crippen LogP contribution >= 0.6 is 12.2 Å². The van der Waals surface area contributed by atoms with Crippen LogP contribution in [0.3, 0.4) is 0 Å². The first-order chi connectivity index (χ1) is 7.81. The molecule has 0 bridgehead atoms. The van der Waals surface area contributed by atoms with Crippen molar-refractivity contribution in [1.82, 2.24) is 4.72 Å². The third-order valence-electron chi connectivity index (χ3n) is 2.16. The van der Waals surface area contributed by atoms with Gasteiger partial charge < -0.3 is 5.73 Å². The van der Waals surface area contributed by atoms with Crippen LogP contribution < -0.4 is 10.5 Å². The van der Waals surface area contributed by atoms with Crippen molar-refractivity contribution in [3.8, 4) is 0 Å². The van der Waals surface area contributed by atoms with Gasteiger partial charge in [0.1, 0.15) is 0 Å². The van der Waals surface area contributed by atoms with Gasteiger partial charge in [0.2, 0.25) is 10.0 Å². The summed E-state index contributed by atoms with van der Waals surface area (Å²) in [6, 6.07) is 6.43. The van der Waals surface area contributed by atoms with E-state index >= 15 is 0 Å². The summed E-state index contributed by atoms with van der Waals surface area (Å²) >= 11 is 4.74. The van der Waals surface area contributed by atoms with E-state index in [-0.39, 0.29) is 10.9 Å². The van der Waals surface area contributed by atoms with Gasteiger partial charge in [-0.2, -0.15) is 0 Å². The molecule has 1 atom stereocenters. The first kappa shape index (κ1) is 14.1. The van der Waals surface area contributed by atoms with E-state index in [2.05, 4.69) is 4.72 Å². The summed E-state index contributed by atoms with van der Waals surface area (Å²) in [7, 11) is -3.49. The van der Waals surface area contributed by atoms with Gasteiger partial charge in [-0.1, -0.05) is 24.4 Å². The maximum atomic E-state index is 12.0. The summed E-state index contributed by atoms with van der Waals surface area (Å²) in [6.07, 6.45) is 0.348. The quantitative estimate of drug-likeness (QED) is 0.793. The van der Waals surface area contributed by atoms with Gasteiger partial charge in [0, 0.05) is 12.5 Å². The zero-order chi connectivity index (χ0) is 13.1. The van der Waals surface area contributed by atoms with Gasteiger partial charge in [-0.3, -0.25) is 0 Å². The zero-order valence-corrected chi connectivity index (χ0v) is 11.4. The molecule has 6 heteroatoms. The number of sulfonamides is 1. The van der Waals surface area contributed by atoms with Crippen molar-refractivity contribution in [2.45, 2.75) is 31.2 Å². The largest absolute Gasteiger partial charge is 0.393 e. The topological polar surface area (TPSA) is 72.2 Å². The van der Waals surface area contributed by atoms with Crippen LogP contribution in [0.2, 0.25) is 0 Å². The van der Waals surface area contributed by atoms with Crippen molar-refractivity contribution < 1.29 is 8.42 Å². The highest BCUT2D eigenvalue weighted by atomic mass is 32.2. The standard InChI is InChI=1S/C11H16N2O2S2/c1-8-4-3-5-10(6-8)17(14,15)13-9(2)7-11(12)16/h3-6,9,13H,7H2,1-2H3,(H2,12,16). The summed E-state index contributed by atoms with van der Waals surface area (Å²) in [5.74, 6) is 0. The number of hydrogen-bond donors (Lipinski definition) is 2. The summed E-state index contributed by atoms with van der Waals surface area (Å²) in [5, 5.41) is 0. The van der Waals surface area contributed by atoms with E-state index in [1.165, 1.54) is 0 Å². The molecule has 0 radical (unpaired) electrons. The van der Waals surface area contributed by atoms with Gasteiger partial charge >= 0.3 is 0 Å². The van der Waals surface area contributed by atoms with E-state index in [1.807, 2.05) is 13.0 Å². The third-order valence-corrected chi connectivity index (χ3v) is 3.92. The first-order valence-corrected chi connectivity index (χ1v) is 7.07. The van der Waals surface area contributed by atoms with Crippen LogP contribution in [0, 0.1) is 6.92 Å². The average Bonchev–Trinajstić information content (AvgIpc) is 2.15. The van der Waals surface area contributed by atoms with Gasteiger partial charge in [-0.15, -0.1) is 0 Å². The smallest absolute Gasteiger partial charge is 0.240 e. The molecule has 17 heavy (non-hydrogen) atoms. The van der Waals surface area contributed by atoms with E-state index in [0.717, 1.165) is 5.56 Å². The Kier molecular flexibility index (Phi) is 4.62. The lowest BCUT2D eigenvalue weighted by Crippen LogP contribution is -2.35. The minimum absolute atomic E-state index is 0.257. The van der Waals surface area contributed by atoms with Crippen molar-refractivity contribution in [1.29, 1.82) is 0 Å². The predicted molar refractivity (Wildman–Crippen MR) is 72.4 cm³/mol. The number of aryl methyl sites for hydroxylation is 1. The van der Waals surface area contributed by atoms with Crippen LogP contribution in [0.1, 0.15) is 18.9 Å². The molecule has 1 rings (SSSR count). The molecule has 94 valence electrons. The molecule has 0 aromatic heterocycles. The fourth-order valence-corrected chi connectivity index (χ4v) is 3.06. The second-order valence-electron chi connectivity index (χ2n) is 4.01. The molecule has 0 spiro atoms. The highest BCUT2D eigenvalue weighted by Gasteiger charge is 2.17. The summed E-state index contributed by atoms with van der Waals surface area (Å²) in [4.78, 5) is 0.553. The Bertz CT molecular complexity index is 512. The third kappa shape index (κ3) is 4.41. The predicted octanol–water partition coefficient (Wildman–Crippen LogP) is 1.34. The number of thiocarbonyl (C=S) groups is 1. The number of benzene rings is 1. The van der Waals surface area contributed by atoms with Gasteiger partial charge in [0.25, 0.3) is 0 Å². The molecule has 0 saturated heterocycles. The van der Waals surface area contributed by atoms with Crippen molar-refractivity contribution in [3.05, 3.63) is 29.8 Å². The van der Waals surface area contributed by atoms with Gasteiger partial charge in [0.15, 0.2) is 0 Å². The van der Waals surface area contributed by atoms with Gasteiger partial charge in [0.05, 0.1) is 9.88 Å². The fourth-order valence-electron chi connectivity index (χ4n) is 1.46. The molecule has 0 fully saturated rings. The molecule has 0 amide bonds. The van der Waals surface area contributed by atoms with Crippen LogP contribution in [0.25, 0.3) is 0 Å². The van der Waals surface area contributed by atoms with Crippen LogP contribution in [0.15, 0.2) is 29.2 Å². The summed E-state index contributed by atoms with van der Waals surface area (Å²) in [6.45, 7) is 3.57. The molecule has 1 unspecified atom stereocenters. The normalized spacial score (nSPS) is 13.3. The maximum absolute atomic E-state index is 12.0. The average molecular weight is 272 g/mol. The van der Waals surface area contributed by atoms with Crippen molar-refractivity contribution in [2.24, 2.45) is 5.73 Å². The van der Waals surface area contributed by atoms with Crippen LogP contribution in [0.4, 0.5) is 0 Å². The highest BCUT2D eigenvalue weighted by molar-refractivity contribution is 7.89. The molecule has 0 aliphatic rings. The maximum Gasteiger partial charge on any atom is 0.240 e. The lowest BCUT2D eigenvalue weighted by Gasteiger charge is -2.13. The van der Waals surface area contributed by atoms with E-state index in [0.29, 0.717) is 11.4 Å². The molecule has 0 aliphatic carbocycles. The summed E-state index contributed by atoms with van der Waals surface area (Å²) < 4.78 is 26.5. The van der Waals surface area contributed by atoms with E-state index in [4.69, 9.17) is 18.0 Å². The minimum Gasteiger partial charge on any atom is -0.393 e. The van der Waals surface area contributed by atoms with Crippen molar-refractivity contribution in [2.75, 3.05) is 0 Å². The molecule has 4 nitrogen and oxygen atoms in total. The molecule has 0 aliphatic heterocycles. The van der Waals surface area contributed by atoms with Crippen molar-refractivity contribution >= 4 is 27.2 Å². The Labute approximate surface area is 107 Å². The van der Waals surface area contributed by atoms with E-state index < -0.39 is 10.0 Å². The number of nitrogens with two attached hydrogens (primary N) is 1. The number of hydrogen-bond acceptors (Lipinski definition) is 3. The minimum atomic E-state index is -3.49. The molecule has 0 saturated carbocycles. The highest BCUT2D eigenvalue weighted by Crippen LogP contribution is 2.11. The lowest BCUT2D eigenvalue weighted by atomic mass is 10.2. The molecule has 0 heterocycles.